The van der Waals surface area contributed by atoms with Gasteiger partial charge in [-0.1, -0.05) is 11.6 Å². The third kappa shape index (κ3) is 2.26. The zero-order valence-corrected chi connectivity index (χ0v) is 8.93. The normalized spacial score (nSPS) is 11.8. The summed E-state index contributed by atoms with van der Waals surface area (Å²) in [5, 5.41) is 3.28. The van der Waals surface area contributed by atoms with E-state index in [9.17, 15) is 17.6 Å². The molecule has 2 aromatic rings. The average molecular weight is 265 g/mol. The number of aromatic nitrogens is 2. The Labute approximate surface area is 98.4 Å². The Hall–Kier alpha value is -1.56. The minimum Gasteiger partial charge on any atom is -0.229 e. The van der Waals surface area contributed by atoms with Crippen LogP contribution in [0, 0.1) is 5.82 Å². The van der Waals surface area contributed by atoms with Crippen molar-refractivity contribution in [2.24, 2.45) is 0 Å². The van der Waals surface area contributed by atoms with Gasteiger partial charge in [-0.2, -0.15) is 18.3 Å². The first-order valence-electron chi connectivity index (χ1n) is 4.46. The van der Waals surface area contributed by atoms with Crippen LogP contribution in [0.5, 0.6) is 0 Å². The molecule has 0 saturated carbocycles. The molecule has 2 rings (SSSR count). The summed E-state index contributed by atoms with van der Waals surface area (Å²) < 4.78 is 51.3. The molecule has 0 atom stereocenters. The fourth-order valence-corrected chi connectivity index (χ4v) is 1.52. The largest absolute Gasteiger partial charge is 0.433 e. The second-order valence-corrected chi connectivity index (χ2v) is 3.63. The zero-order valence-electron chi connectivity index (χ0n) is 8.17. The van der Waals surface area contributed by atoms with E-state index in [0.29, 0.717) is 4.68 Å². The fourth-order valence-electron chi connectivity index (χ4n) is 1.34. The molecule has 2 nitrogen and oxygen atoms in total. The molecule has 0 aliphatic carbocycles. The number of hydrogen-bond acceptors (Lipinski definition) is 1. The SMILES string of the molecule is Fc1ccc(-n2nccc2C(F)(F)F)cc1Cl. The van der Waals surface area contributed by atoms with Crippen LogP contribution in [0.1, 0.15) is 5.69 Å². The van der Waals surface area contributed by atoms with Gasteiger partial charge in [0.25, 0.3) is 0 Å². The molecule has 0 bridgehead atoms. The summed E-state index contributed by atoms with van der Waals surface area (Å²) in [6.07, 6.45) is -3.52. The van der Waals surface area contributed by atoms with E-state index >= 15 is 0 Å². The van der Waals surface area contributed by atoms with E-state index in [1.807, 2.05) is 0 Å². The molecule has 0 saturated heterocycles. The highest BCUT2D eigenvalue weighted by Crippen LogP contribution is 2.31. The Morgan fingerprint density at radius 2 is 1.88 bits per heavy atom. The maximum atomic E-state index is 12.9. The molecule has 0 amide bonds. The van der Waals surface area contributed by atoms with Crippen molar-refractivity contribution >= 4 is 11.6 Å². The van der Waals surface area contributed by atoms with E-state index in [-0.39, 0.29) is 10.7 Å². The van der Waals surface area contributed by atoms with E-state index in [1.165, 1.54) is 6.07 Å². The lowest BCUT2D eigenvalue weighted by Gasteiger charge is -2.10. The van der Waals surface area contributed by atoms with Crippen molar-refractivity contribution in [2.45, 2.75) is 6.18 Å². The molecule has 1 aromatic carbocycles. The van der Waals surface area contributed by atoms with Gasteiger partial charge >= 0.3 is 6.18 Å². The van der Waals surface area contributed by atoms with E-state index in [1.54, 1.807) is 0 Å². The van der Waals surface area contributed by atoms with Crippen molar-refractivity contribution in [3.8, 4) is 5.69 Å². The summed E-state index contributed by atoms with van der Waals surface area (Å²) in [5.74, 6) is -0.698. The molecule has 0 radical (unpaired) electrons. The van der Waals surface area contributed by atoms with E-state index in [2.05, 4.69) is 5.10 Å². The molecule has 1 heterocycles. The second kappa shape index (κ2) is 4.03. The van der Waals surface area contributed by atoms with Crippen molar-refractivity contribution in [1.82, 2.24) is 9.78 Å². The number of alkyl halides is 3. The Balaban J connectivity index is 2.54. The molecule has 7 heteroatoms. The molecule has 0 aliphatic rings. The predicted molar refractivity (Wildman–Crippen MR) is 53.5 cm³/mol. The number of hydrogen-bond donors (Lipinski definition) is 0. The molecule has 17 heavy (non-hydrogen) atoms. The minimum atomic E-state index is -4.53. The number of rotatable bonds is 1. The summed E-state index contributed by atoms with van der Waals surface area (Å²) >= 11 is 5.50. The summed E-state index contributed by atoms with van der Waals surface area (Å²) in [7, 11) is 0. The number of benzene rings is 1. The third-order valence-electron chi connectivity index (χ3n) is 2.08. The smallest absolute Gasteiger partial charge is 0.229 e. The van der Waals surface area contributed by atoms with Crippen LogP contribution < -0.4 is 0 Å². The molecule has 1 aromatic heterocycles. The van der Waals surface area contributed by atoms with Gasteiger partial charge in [0.1, 0.15) is 11.5 Å². The monoisotopic (exact) mass is 264 g/mol. The van der Waals surface area contributed by atoms with Gasteiger partial charge in [0, 0.05) is 0 Å². The van der Waals surface area contributed by atoms with Crippen LogP contribution >= 0.6 is 11.6 Å². The van der Waals surface area contributed by atoms with Gasteiger partial charge in [0.15, 0.2) is 0 Å². The van der Waals surface area contributed by atoms with Gasteiger partial charge in [0.05, 0.1) is 16.9 Å². The Bertz CT molecular complexity index is 547. The highest BCUT2D eigenvalue weighted by atomic mass is 35.5. The van der Waals surface area contributed by atoms with E-state index in [4.69, 9.17) is 11.6 Å². The first-order valence-corrected chi connectivity index (χ1v) is 4.84. The summed E-state index contributed by atoms with van der Waals surface area (Å²) in [4.78, 5) is 0. The van der Waals surface area contributed by atoms with Crippen LogP contribution in [0.3, 0.4) is 0 Å². The van der Waals surface area contributed by atoms with E-state index < -0.39 is 17.7 Å². The lowest BCUT2D eigenvalue weighted by atomic mass is 10.3. The van der Waals surface area contributed by atoms with Crippen molar-refractivity contribution < 1.29 is 17.6 Å². The highest BCUT2D eigenvalue weighted by molar-refractivity contribution is 6.30. The van der Waals surface area contributed by atoms with Gasteiger partial charge in [-0.3, -0.25) is 0 Å². The van der Waals surface area contributed by atoms with Crippen LogP contribution in [0.15, 0.2) is 30.5 Å². The van der Waals surface area contributed by atoms with Crippen LogP contribution in [0.2, 0.25) is 5.02 Å². The topological polar surface area (TPSA) is 17.8 Å². The van der Waals surface area contributed by atoms with Gasteiger partial charge in [-0.15, -0.1) is 0 Å². The first kappa shape index (κ1) is 11.9. The lowest BCUT2D eigenvalue weighted by molar-refractivity contribution is -0.142. The molecule has 90 valence electrons. The van der Waals surface area contributed by atoms with Crippen molar-refractivity contribution in [3.05, 3.63) is 47.0 Å². The Morgan fingerprint density at radius 1 is 1.18 bits per heavy atom. The predicted octanol–water partition coefficient (Wildman–Crippen LogP) is 3.68. The van der Waals surface area contributed by atoms with Crippen LogP contribution in [0.25, 0.3) is 5.69 Å². The van der Waals surface area contributed by atoms with Crippen molar-refractivity contribution in [2.75, 3.05) is 0 Å². The Morgan fingerprint density at radius 3 is 2.47 bits per heavy atom. The molecular weight excluding hydrogens is 260 g/mol. The summed E-state index contributed by atoms with van der Waals surface area (Å²) in [5.41, 5.74) is -0.895. The summed E-state index contributed by atoms with van der Waals surface area (Å²) in [6.45, 7) is 0. The van der Waals surface area contributed by atoms with Crippen LogP contribution in [-0.4, -0.2) is 9.78 Å². The third-order valence-corrected chi connectivity index (χ3v) is 2.37. The maximum absolute atomic E-state index is 12.9. The van der Waals surface area contributed by atoms with Crippen molar-refractivity contribution in [1.29, 1.82) is 0 Å². The molecule has 0 spiro atoms. The maximum Gasteiger partial charge on any atom is 0.433 e. The Kier molecular flexibility index (Phi) is 2.82. The molecule has 0 unspecified atom stereocenters. The minimum absolute atomic E-state index is 0.0497. The van der Waals surface area contributed by atoms with Crippen LogP contribution in [-0.2, 0) is 6.18 Å². The number of halogens is 5. The lowest BCUT2D eigenvalue weighted by Crippen LogP contribution is -2.13. The zero-order chi connectivity index (χ0) is 12.6. The van der Waals surface area contributed by atoms with Gasteiger partial charge < -0.3 is 0 Å². The standard InChI is InChI=1S/C10H5ClF4N2/c11-7-5-6(1-2-8(7)12)17-9(3-4-16-17)10(13,14)15/h1-5H. The quantitative estimate of drug-likeness (QED) is 0.719. The van der Waals surface area contributed by atoms with Gasteiger partial charge in [0.2, 0.25) is 0 Å². The van der Waals surface area contributed by atoms with Crippen molar-refractivity contribution in [3.63, 3.8) is 0 Å². The molecule has 0 fully saturated rings. The molecule has 0 N–H and O–H groups in total. The molecular formula is C10H5ClF4N2. The molecule has 0 aliphatic heterocycles. The van der Waals surface area contributed by atoms with E-state index in [0.717, 1.165) is 24.4 Å². The van der Waals surface area contributed by atoms with Crippen LogP contribution in [0.4, 0.5) is 17.6 Å². The average Bonchev–Trinajstić information content (AvgIpc) is 2.70. The van der Waals surface area contributed by atoms with Gasteiger partial charge in [-0.05, 0) is 24.3 Å². The first-order chi connectivity index (χ1) is 7.89. The second-order valence-electron chi connectivity index (χ2n) is 3.22. The number of nitrogens with zero attached hydrogens (tertiary/aromatic N) is 2. The fraction of sp³-hybridized carbons (Fsp3) is 0.100. The highest BCUT2D eigenvalue weighted by Gasteiger charge is 2.35. The summed E-state index contributed by atoms with van der Waals surface area (Å²) in [6, 6.07) is 4.07. The van der Waals surface area contributed by atoms with Gasteiger partial charge in [-0.25, -0.2) is 9.07 Å².